The molecule has 0 aromatic heterocycles. The Morgan fingerprint density at radius 1 is 1.41 bits per heavy atom. The van der Waals surface area contributed by atoms with E-state index >= 15 is 0 Å². The van der Waals surface area contributed by atoms with Gasteiger partial charge in [0, 0.05) is 19.1 Å². The summed E-state index contributed by atoms with van der Waals surface area (Å²) in [5, 5.41) is 9.24. The third kappa shape index (κ3) is 4.16. The number of hydrogen-bond donors (Lipinski definition) is 1. The van der Waals surface area contributed by atoms with E-state index in [1.807, 2.05) is 27.7 Å². The number of aliphatic hydroxyl groups is 1. The molecule has 1 aliphatic heterocycles. The highest BCUT2D eigenvalue weighted by molar-refractivity contribution is 5.68. The Morgan fingerprint density at radius 3 is 2.53 bits per heavy atom. The summed E-state index contributed by atoms with van der Waals surface area (Å²) in [6.07, 6.45) is -0.421. The zero-order valence-electron chi connectivity index (χ0n) is 11.1. The van der Waals surface area contributed by atoms with E-state index in [1.54, 1.807) is 4.90 Å². The molecule has 2 unspecified atom stereocenters. The van der Waals surface area contributed by atoms with E-state index in [0.717, 1.165) is 0 Å². The van der Waals surface area contributed by atoms with E-state index in [0.29, 0.717) is 19.7 Å². The number of amides is 1. The Bertz CT molecular complexity index is 262. The number of hydrogen-bond acceptors (Lipinski definition) is 4. The third-order valence-corrected chi connectivity index (χ3v) is 2.65. The van der Waals surface area contributed by atoms with Crippen LogP contribution in [-0.4, -0.2) is 54.1 Å². The molecule has 5 nitrogen and oxygen atoms in total. The van der Waals surface area contributed by atoms with E-state index in [9.17, 15) is 9.90 Å². The number of aliphatic hydroxyl groups excluding tert-OH is 1. The highest BCUT2D eigenvalue weighted by atomic mass is 16.6. The first-order valence-corrected chi connectivity index (χ1v) is 6.07. The summed E-state index contributed by atoms with van der Waals surface area (Å²) in [5.41, 5.74) is -0.491. The fraction of sp³-hybridized carbons (Fsp3) is 0.917. The number of ether oxygens (including phenoxy) is 2. The van der Waals surface area contributed by atoms with Crippen LogP contribution >= 0.6 is 0 Å². The molecule has 0 spiro atoms. The zero-order valence-corrected chi connectivity index (χ0v) is 11.1. The van der Waals surface area contributed by atoms with Crippen molar-refractivity contribution < 1.29 is 19.4 Å². The van der Waals surface area contributed by atoms with Gasteiger partial charge in [-0.1, -0.05) is 0 Å². The van der Waals surface area contributed by atoms with Crippen LogP contribution in [0.4, 0.5) is 4.79 Å². The Labute approximate surface area is 103 Å². The van der Waals surface area contributed by atoms with Crippen molar-refractivity contribution in [3.8, 4) is 0 Å². The SMILES string of the molecule is CCOC1CN(C(=O)OC(C)(C)C)CC1CO. The van der Waals surface area contributed by atoms with Gasteiger partial charge in [-0.05, 0) is 27.7 Å². The molecule has 1 saturated heterocycles. The van der Waals surface area contributed by atoms with E-state index in [-0.39, 0.29) is 24.7 Å². The van der Waals surface area contributed by atoms with Gasteiger partial charge in [0.2, 0.25) is 0 Å². The van der Waals surface area contributed by atoms with Gasteiger partial charge in [0.25, 0.3) is 0 Å². The van der Waals surface area contributed by atoms with Crippen molar-refractivity contribution in [3.63, 3.8) is 0 Å². The number of carbonyl (C=O) groups excluding carboxylic acids is 1. The molecule has 1 heterocycles. The second kappa shape index (κ2) is 5.69. The maximum absolute atomic E-state index is 11.8. The lowest BCUT2D eigenvalue weighted by molar-refractivity contribution is 0.0169. The summed E-state index contributed by atoms with van der Waals surface area (Å²) in [5.74, 6) is -0.0116. The smallest absolute Gasteiger partial charge is 0.410 e. The van der Waals surface area contributed by atoms with Crippen LogP contribution in [0, 0.1) is 5.92 Å². The Hall–Kier alpha value is -0.810. The molecule has 0 radical (unpaired) electrons. The lowest BCUT2D eigenvalue weighted by Crippen LogP contribution is -2.36. The number of nitrogens with zero attached hydrogens (tertiary/aromatic N) is 1. The predicted molar refractivity (Wildman–Crippen MR) is 63.8 cm³/mol. The molecule has 100 valence electrons. The quantitative estimate of drug-likeness (QED) is 0.813. The molecular formula is C12H23NO4. The second-order valence-corrected chi connectivity index (χ2v) is 5.32. The van der Waals surface area contributed by atoms with Gasteiger partial charge in [0.1, 0.15) is 5.60 Å². The number of rotatable bonds is 3. The third-order valence-electron chi connectivity index (χ3n) is 2.65. The van der Waals surface area contributed by atoms with Crippen LogP contribution in [0.15, 0.2) is 0 Å². The van der Waals surface area contributed by atoms with Crippen molar-refractivity contribution in [3.05, 3.63) is 0 Å². The molecule has 1 aliphatic rings. The van der Waals surface area contributed by atoms with Crippen LogP contribution in [0.5, 0.6) is 0 Å². The van der Waals surface area contributed by atoms with Crippen molar-refractivity contribution in [1.29, 1.82) is 0 Å². The zero-order chi connectivity index (χ0) is 13.1. The summed E-state index contributed by atoms with van der Waals surface area (Å²) in [7, 11) is 0. The van der Waals surface area contributed by atoms with Crippen molar-refractivity contribution in [2.45, 2.75) is 39.4 Å². The van der Waals surface area contributed by atoms with Gasteiger partial charge in [0.15, 0.2) is 0 Å². The summed E-state index contributed by atoms with van der Waals surface area (Å²) in [4.78, 5) is 13.4. The lowest BCUT2D eigenvalue weighted by Gasteiger charge is -2.24. The average Bonchev–Trinajstić information content (AvgIpc) is 2.59. The molecule has 0 saturated carbocycles. The standard InChI is InChI=1S/C12H23NO4/c1-5-16-10-7-13(6-9(10)8-14)11(15)17-12(2,3)4/h9-10,14H,5-8H2,1-4H3. The van der Waals surface area contributed by atoms with Crippen LogP contribution in [-0.2, 0) is 9.47 Å². The average molecular weight is 245 g/mol. The van der Waals surface area contributed by atoms with Crippen molar-refractivity contribution in [2.75, 3.05) is 26.3 Å². The van der Waals surface area contributed by atoms with Gasteiger partial charge in [-0.2, -0.15) is 0 Å². The van der Waals surface area contributed by atoms with E-state index in [4.69, 9.17) is 9.47 Å². The van der Waals surface area contributed by atoms with E-state index in [1.165, 1.54) is 0 Å². The molecule has 0 aliphatic carbocycles. The summed E-state index contributed by atoms with van der Waals surface area (Å²) in [6, 6.07) is 0. The first-order valence-electron chi connectivity index (χ1n) is 6.07. The molecule has 2 atom stereocenters. The molecule has 5 heteroatoms. The molecule has 0 bridgehead atoms. The molecule has 0 aromatic carbocycles. The lowest BCUT2D eigenvalue weighted by atomic mass is 10.1. The largest absolute Gasteiger partial charge is 0.444 e. The monoisotopic (exact) mass is 245 g/mol. The summed E-state index contributed by atoms with van der Waals surface area (Å²) in [6.45, 7) is 9.03. The van der Waals surface area contributed by atoms with Crippen LogP contribution in [0.2, 0.25) is 0 Å². The Kier molecular flexibility index (Phi) is 4.77. The second-order valence-electron chi connectivity index (χ2n) is 5.32. The highest BCUT2D eigenvalue weighted by Gasteiger charge is 2.37. The van der Waals surface area contributed by atoms with Crippen molar-refractivity contribution in [2.24, 2.45) is 5.92 Å². The van der Waals surface area contributed by atoms with Crippen LogP contribution < -0.4 is 0 Å². The van der Waals surface area contributed by atoms with Crippen LogP contribution in [0.3, 0.4) is 0 Å². The van der Waals surface area contributed by atoms with E-state index < -0.39 is 5.60 Å². The first kappa shape index (κ1) is 14.3. The minimum atomic E-state index is -0.491. The number of carbonyl (C=O) groups is 1. The minimum absolute atomic E-state index is 0.0116. The van der Waals surface area contributed by atoms with E-state index in [2.05, 4.69) is 0 Å². The first-order chi connectivity index (χ1) is 7.87. The predicted octanol–water partition coefficient (Wildman–Crippen LogP) is 1.25. The summed E-state index contributed by atoms with van der Waals surface area (Å²) < 4.78 is 10.8. The van der Waals surface area contributed by atoms with Crippen LogP contribution in [0.1, 0.15) is 27.7 Å². The molecule has 1 fully saturated rings. The minimum Gasteiger partial charge on any atom is -0.444 e. The topological polar surface area (TPSA) is 59.0 Å². The van der Waals surface area contributed by atoms with Gasteiger partial charge in [0.05, 0.1) is 19.3 Å². The van der Waals surface area contributed by atoms with Gasteiger partial charge in [-0.15, -0.1) is 0 Å². The summed E-state index contributed by atoms with van der Waals surface area (Å²) >= 11 is 0. The normalized spacial score (nSPS) is 25.1. The molecule has 1 N–H and O–H groups in total. The Morgan fingerprint density at radius 2 is 2.06 bits per heavy atom. The maximum atomic E-state index is 11.8. The molecule has 1 amide bonds. The Balaban J connectivity index is 2.54. The molecule has 17 heavy (non-hydrogen) atoms. The molecule has 1 rings (SSSR count). The van der Waals surface area contributed by atoms with Crippen LogP contribution in [0.25, 0.3) is 0 Å². The van der Waals surface area contributed by atoms with Crippen molar-refractivity contribution in [1.82, 2.24) is 4.90 Å². The van der Waals surface area contributed by atoms with Gasteiger partial charge < -0.3 is 19.5 Å². The van der Waals surface area contributed by atoms with Crippen molar-refractivity contribution >= 4 is 6.09 Å². The molecule has 0 aromatic rings. The maximum Gasteiger partial charge on any atom is 0.410 e. The number of likely N-dealkylation sites (tertiary alicyclic amines) is 1. The highest BCUT2D eigenvalue weighted by Crippen LogP contribution is 2.22. The van der Waals surface area contributed by atoms with Gasteiger partial charge in [-0.25, -0.2) is 4.79 Å². The van der Waals surface area contributed by atoms with Gasteiger partial charge >= 0.3 is 6.09 Å². The van der Waals surface area contributed by atoms with Gasteiger partial charge in [-0.3, -0.25) is 0 Å². The fourth-order valence-electron chi connectivity index (χ4n) is 1.90. The molecular weight excluding hydrogens is 222 g/mol. The fourth-order valence-corrected chi connectivity index (χ4v) is 1.90.